The Bertz CT molecular complexity index is 856. The Morgan fingerprint density at radius 2 is 1.96 bits per heavy atom. The first-order valence-electron chi connectivity index (χ1n) is 6.85. The number of rotatable bonds is 6. The number of nitrogens with zero attached hydrogens (tertiary/aromatic N) is 2. The predicted molar refractivity (Wildman–Crippen MR) is 79.2 cm³/mol. The van der Waals surface area contributed by atoms with Crippen molar-refractivity contribution in [2.75, 3.05) is 0 Å². The maximum atomic E-state index is 12.0. The van der Waals surface area contributed by atoms with Crippen LogP contribution in [-0.2, 0) is 6.54 Å². The van der Waals surface area contributed by atoms with Crippen molar-refractivity contribution in [3.8, 4) is 11.7 Å². The van der Waals surface area contributed by atoms with Crippen molar-refractivity contribution in [3.05, 3.63) is 59.9 Å². The van der Waals surface area contributed by atoms with Gasteiger partial charge in [-0.2, -0.15) is 4.98 Å². The van der Waals surface area contributed by atoms with Crippen LogP contribution in [0.15, 0.2) is 51.4 Å². The summed E-state index contributed by atoms with van der Waals surface area (Å²) in [6.45, 7) is -0.0747. The number of aromatic nitrogens is 2. The molecule has 0 unspecified atom stereocenters. The number of nitrogens with two attached hydrogens (primary N) is 1. The standard InChI is InChI=1S/C15H12N4O5/c16-13(20)14-18-11(24-19-14)8-17-15(21)10-6-7-12(23-10)22-9-4-2-1-3-5-9/h1-7H,8H2,(H2,16,20)(H,17,21). The highest BCUT2D eigenvalue weighted by atomic mass is 16.6. The van der Waals surface area contributed by atoms with Gasteiger partial charge in [-0.3, -0.25) is 9.59 Å². The second-order valence-corrected chi connectivity index (χ2v) is 4.59. The molecule has 9 nitrogen and oxygen atoms in total. The van der Waals surface area contributed by atoms with Gasteiger partial charge in [0.1, 0.15) is 5.75 Å². The van der Waals surface area contributed by atoms with E-state index in [1.54, 1.807) is 12.1 Å². The number of nitrogens with one attached hydrogen (secondary N) is 1. The summed E-state index contributed by atoms with van der Waals surface area (Å²) >= 11 is 0. The molecule has 0 spiro atoms. The van der Waals surface area contributed by atoms with Gasteiger partial charge in [0.15, 0.2) is 5.76 Å². The first-order chi connectivity index (χ1) is 11.6. The monoisotopic (exact) mass is 328 g/mol. The van der Waals surface area contributed by atoms with Gasteiger partial charge >= 0.3 is 0 Å². The van der Waals surface area contributed by atoms with Crippen LogP contribution in [-0.4, -0.2) is 22.0 Å². The largest absolute Gasteiger partial charge is 0.426 e. The molecule has 0 radical (unpaired) electrons. The molecule has 0 aliphatic heterocycles. The Kier molecular flexibility index (Phi) is 4.23. The lowest BCUT2D eigenvalue weighted by Gasteiger charge is -2.01. The average Bonchev–Trinajstić information content (AvgIpc) is 3.23. The quantitative estimate of drug-likeness (QED) is 0.700. The zero-order valence-corrected chi connectivity index (χ0v) is 12.3. The van der Waals surface area contributed by atoms with E-state index in [0.29, 0.717) is 5.75 Å². The molecule has 9 heteroatoms. The van der Waals surface area contributed by atoms with E-state index >= 15 is 0 Å². The maximum absolute atomic E-state index is 12.0. The van der Waals surface area contributed by atoms with Crippen molar-refractivity contribution in [1.82, 2.24) is 15.5 Å². The Labute approximate surface area is 135 Å². The highest BCUT2D eigenvalue weighted by molar-refractivity contribution is 5.91. The van der Waals surface area contributed by atoms with E-state index in [2.05, 4.69) is 15.5 Å². The number of carbonyl (C=O) groups excluding carboxylic acids is 2. The molecular formula is C15H12N4O5. The van der Waals surface area contributed by atoms with Crippen LogP contribution in [0.1, 0.15) is 27.1 Å². The molecule has 2 heterocycles. The molecule has 122 valence electrons. The maximum Gasteiger partial charge on any atom is 0.290 e. The molecule has 1 aromatic carbocycles. The minimum Gasteiger partial charge on any atom is -0.426 e. The van der Waals surface area contributed by atoms with Gasteiger partial charge in [-0.15, -0.1) is 0 Å². The molecule has 0 saturated carbocycles. The zero-order chi connectivity index (χ0) is 16.9. The number of benzene rings is 1. The Morgan fingerprint density at radius 1 is 1.17 bits per heavy atom. The minimum atomic E-state index is -0.815. The van der Waals surface area contributed by atoms with Crippen molar-refractivity contribution in [1.29, 1.82) is 0 Å². The van der Waals surface area contributed by atoms with Crippen molar-refractivity contribution < 1.29 is 23.3 Å². The Balaban J connectivity index is 1.58. The highest BCUT2D eigenvalue weighted by Crippen LogP contribution is 2.23. The number of amides is 2. The summed E-state index contributed by atoms with van der Waals surface area (Å²) in [6, 6.07) is 12.0. The van der Waals surface area contributed by atoms with Crippen LogP contribution < -0.4 is 15.8 Å². The molecule has 0 saturated heterocycles. The topological polar surface area (TPSA) is 133 Å². The molecule has 3 N–H and O–H groups in total. The summed E-state index contributed by atoms with van der Waals surface area (Å²) in [5.41, 5.74) is 5.00. The van der Waals surface area contributed by atoms with Gasteiger partial charge in [-0.25, -0.2) is 0 Å². The summed E-state index contributed by atoms with van der Waals surface area (Å²) in [6.07, 6.45) is 0. The van der Waals surface area contributed by atoms with Gasteiger partial charge in [-0.1, -0.05) is 23.4 Å². The third-order valence-electron chi connectivity index (χ3n) is 2.86. The van der Waals surface area contributed by atoms with Gasteiger partial charge in [0, 0.05) is 6.07 Å². The predicted octanol–water partition coefficient (Wildman–Crippen LogP) is 1.48. The smallest absolute Gasteiger partial charge is 0.290 e. The number of hydrogen-bond acceptors (Lipinski definition) is 7. The number of carbonyl (C=O) groups is 2. The van der Waals surface area contributed by atoms with Gasteiger partial charge < -0.3 is 24.7 Å². The van der Waals surface area contributed by atoms with Crippen molar-refractivity contribution in [2.45, 2.75) is 6.54 Å². The molecular weight excluding hydrogens is 316 g/mol. The minimum absolute atomic E-state index is 0.0458. The third-order valence-corrected chi connectivity index (χ3v) is 2.86. The van der Waals surface area contributed by atoms with Crippen molar-refractivity contribution in [2.24, 2.45) is 5.73 Å². The lowest BCUT2D eigenvalue weighted by atomic mass is 10.3. The molecule has 0 fully saturated rings. The van der Waals surface area contributed by atoms with E-state index in [1.807, 2.05) is 18.2 Å². The number of furan rings is 1. The molecule has 0 aliphatic carbocycles. The summed E-state index contributed by atoms with van der Waals surface area (Å²) in [7, 11) is 0. The van der Waals surface area contributed by atoms with E-state index in [1.165, 1.54) is 12.1 Å². The Morgan fingerprint density at radius 3 is 2.67 bits per heavy atom. The van der Waals surface area contributed by atoms with Crippen LogP contribution in [0.2, 0.25) is 0 Å². The summed E-state index contributed by atoms with van der Waals surface area (Å²) in [5, 5.41) is 5.87. The van der Waals surface area contributed by atoms with Crippen LogP contribution in [0.3, 0.4) is 0 Å². The fourth-order valence-electron chi connectivity index (χ4n) is 1.77. The molecule has 0 bridgehead atoms. The van der Waals surface area contributed by atoms with Crippen molar-refractivity contribution in [3.63, 3.8) is 0 Å². The number of ether oxygens (including phenoxy) is 1. The number of hydrogen-bond donors (Lipinski definition) is 2. The van der Waals surface area contributed by atoms with E-state index in [9.17, 15) is 9.59 Å². The van der Waals surface area contributed by atoms with Gasteiger partial charge in [0.05, 0.1) is 6.54 Å². The summed E-state index contributed by atoms with van der Waals surface area (Å²) in [5.74, 6) is -0.707. The fraction of sp³-hybridized carbons (Fsp3) is 0.0667. The first-order valence-corrected chi connectivity index (χ1v) is 6.85. The molecule has 2 aromatic heterocycles. The second kappa shape index (κ2) is 6.65. The van der Waals surface area contributed by atoms with Crippen LogP contribution in [0.25, 0.3) is 0 Å². The lowest BCUT2D eigenvalue weighted by molar-refractivity contribution is 0.0912. The number of primary amides is 1. The molecule has 3 aromatic rings. The number of para-hydroxylation sites is 1. The first kappa shape index (κ1) is 15.3. The van der Waals surface area contributed by atoms with Crippen molar-refractivity contribution >= 4 is 11.8 Å². The Hall–Kier alpha value is -3.62. The lowest BCUT2D eigenvalue weighted by Crippen LogP contribution is -2.22. The van der Waals surface area contributed by atoms with Crippen LogP contribution >= 0.6 is 0 Å². The van der Waals surface area contributed by atoms with E-state index in [4.69, 9.17) is 19.4 Å². The van der Waals surface area contributed by atoms with Gasteiger partial charge in [0.2, 0.25) is 5.89 Å². The summed E-state index contributed by atoms with van der Waals surface area (Å²) in [4.78, 5) is 26.5. The van der Waals surface area contributed by atoms with Gasteiger partial charge in [0.25, 0.3) is 23.6 Å². The van der Waals surface area contributed by atoms with E-state index in [0.717, 1.165) is 0 Å². The molecule has 24 heavy (non-hydrogen) atoms. The molecule has 0 aliphatic rings. The SMILES string of the molecule is NC(=O)c1noc(CNC(=O)c2ccc(Oc3ccccc3)o2)n1. The molecule has 3 rings (SSSR count). The zero-order valence-electron chi connectivity index (χ0n) is 12.3. The van der Waals surface area contributed by atoms with Crippen LogP contribution in [0.4, 0.5) is 0 Å². The normalized spacial score (nSPS) is 10.3. The van der Waals surface area contributed by atoms with E-state index in [-0.39, 0.29) is 30.0 Å². The third kappa shape index (κ3) is 3.58. The second-order valence-electron chi connectivity index (χ2n) is 4.59. The highest BCUT2D eigenvalue weighted by Gasteiger charge is 2.15. The van der Waals surface area contributed by atoms with Crippen LogP contribution in [0.5, 0.6) is 11.7 Å². The molecule has 2 amide bonds. The van der Waals surface area contributed by atoms with Gasteiger partial charge in [-0.05, 0) is 18.2 Å². The molecule has 0 atom stereocenters. The van der Waals surface area contributed by atoms with E-state index < -0.39 is 11.8 Å². The summed E-state index contributed by atoms with van der Waals surface area (Å²) < 4.78 is 15.5. The fourth-order valence-corrected chi connectivity index (χ4v) is 1.77. The average molecular weight is 328 g/mol. The van der Waals surface area contributed by atoms with Crippen LogP contribution in [0, 0.1) is 0 Å².